The van der Waals surface area contributed by atoms with E-state index in [1.165, 1.54) is 0 Å². The lowest BCUT2D eigenvalue weighted by atomic mass is 9.89. The summed E-state index contributed by atoms with van der Waals surface area (Å²) >= 11 is 7.18. The van der Waals surface area contributed by atoms with Crippen molar-refractivity contribution in [3.05, 3.63) is 199 Å². The Hall–Kier alpha value is -7.34. The average molecular weight is 753 g/mol. The second-order valence-corrected chi connectivity index (χ2v) is 14.3. The van der Waals surface area contributed by atoms with Crippen LogP contribution in [-0.4, -0.2) is 20.1 Å². The van der Waals surface area contributed by atoms with Gasteiger partial charge < -0.3 is 10.0 Å². The number of hydrogen-bond acceptors (Lipinski definition) is 5. The number of benzene rings is 8. The van der Waals surface area contributed by atoms with Crippen molar-refractivity contribution in [2.75, 3.05) is 4.90 Å². The second kappa shape index (κ2) is 14.4. The van der Waals surface area contributed by atoms with E-state index in [1.807, 2.05) is 115 Å². The molecule has 0 saturated heterocycles. The Morgan fingerprint density at radius 2 is 0.842 bits per heavy atom. The number of anilines is 3. The fourth-order valence-corrected chi connectivity index (χ4v) is 8.09. The highest BCUT2D eigenvalue weighted by atomic mass is 35.5. The zero-order chi connectivity index (χ0) is 38.3. The molecule has 1 N–H and O–H groups in total. The van der Waals surface area contributed by atoms with Crippen molar-refractivity contribution >= 4 is 28.7 Å². The van der Waals surface area contributed by atoms with Crippen molar-refractivity contribution in [1.29, 1.82) is 0 Å². The number of fused-ring (bicyclic) bond motifs is 5. The Morgan fingerprint density at radius 1 is 0.368 bits per heavy atom. The highest BCUT2D eigenvalue weighted by Gasteiger charge is 2.31. The van der Waals surface area contributed by atoms with Gasteiger partial charge in [0, 0.05) is 38.9 Å². The first-order valence-electron chi connectivity index (χ1n) is 18.8. The summed E-state index contributed by atoms with van der Waals surface area (Å²) in [7, 11) is 0. The summed E-state index contributed by atoms with van der Waals surface area (Å²) < 4.78 is 0. The van der Waals surface area contributed by atoms with Gasteiger partial charge in [-0.1, -0.05) is 169 Å². The normalized spacial score (nSPS) is 11.6. The van der Waals surface area contributed by atoms with Crippen molar-refractivity contribution in [1.82, 2.24) is 15.0 Å². The minimum absolute atomic E-state index is 0.210. The van der Waals surface area contributed by atoms with E-state index in [1.54, 1.807) is 6.07 Å². The Kier molecular flexibility index (Phi) is 8.62. The van der Waals surface area contributed by atoms with E-state index in [0.29, 0.717) is 22.5 Å². The molecule has 0 radical (unpaired) electrons. The van der Waals surface area contributed by atoms with Gasteiger partial charge in [0.05, 0.1) is 22.1 Å². The van der Waals surface area contributed by atoms with Crippen molar-refractivity contribution in [3.8, 4) is 84.4 Å². The maximum atomic E-state index is 11.5. The summed E-state index contributed by atoms with van der Waals surface area (Å²) in [6, 6.07) is 65.1. The Morgan fingerprint density at radius 3 is 1.47 bits per heavy atom. The van der Waals surface area contributed by atoms with Crippen molar-refractivity contribution in [3.63, 3.8) is 0 Å². The number of hydrogen-bond donors (Lipinski definition) is 1. The van der Waals surface area contributed by atoms with Gasteiger partial charge in [0.15, 0.2) is 17.5 Å². The fourth-order valence-electron chi connectivity index (χ4n) is 7.87. The minimum Gasteiger partial charge on any atom is -0.507 e. The third-order valence-corrected chi connectivity index (χ3v) is 10.8. The van der Waals surface area contributed by atoms with E-state index < -0.39 is 0 Å². The van der Waals surface area contributed by atoms with Gasteiger partial charge in [0.1, 0.15) is 5.75 Å². The summed E-state index contributed by atoms with van der Waals surface area (Å²) in [4.78, 5) is 17.4. The average Bonchev–Trinajstić information content (AvgIpc) is 3.40. The molecular weight excluding hydrogens is 720 g/mol. The first kappa shape index (κ1) is 34.2. The Labute approximate surface area is 335 Å². The molecule has 8 aromatic carbocycles. The van der Waals surface area contributed by atoms with Crippen LogP contribution in [0.15, 0.2) is 194 Å². The van der Waals surface area contributed by atoms with Crippen LogP contribution in [0.1, 0.15) is 0 Å². The molecule has 1 aliphatic heterocycles. The van der Waals surface area contributed by atoms with Crippen LogP contribution in [-0.2, 0) is 0 Å². The van der Waals surface area contributed by atoms with Gasteiger partial charge in [-0.3, -0.25) is 0 Å². The van der Waals surface area contributed by atoms with Crippen molar-refractivity contribution < 1.29 is 5.11 Å². The van der Waals surface area contributed by atoms with E-state index in [-0.39, 0.29) is 5.75 Å². The molecule has 0 atom stereocenters. The van der Waals surface area contributed by atoms with E-state index in [9.17, 15) is 5.11 Å². The number of halogens is 1. The summed E-state index contributed by atoms with van der Waals surface area (Å²) in [5.74, 6) is 1.98. The number of phenols is 1. The van der Waals surface area contributed by atoms with Crippen LogP contribution in [0.4, 0.5) is 17.1 Å². The molecule has 0 saturated carbocycles. The monoisotopic (exact) mass is 752 g/mol. The molecule has 0 amide bonds. The largest absolute Gasteiger partial charge is 0.507 e. The SMILES string of the molecule is Oc1cccc(-c2cccc3c2N(c2ccccc2Cl)c2ccc(-c4nc(-c5ccccc5)nc(-c5ccccc5)n4)cc2-c2ccccc2-3)c1-c1ccccc1. The lowest BCUT2D eigenvalue weighted by molar-refractivity contribution is 0.477. The maximum Gasteiger partial charge on any atom is 0.164 e. The highest BCUT2D eigenvalue weighted by Crippen LogP contribution is 2.56. The molecule has 270 valence electrons. The fraction of sp³-hybridized carbons (Fsp3) is 0. The number of rotatable bonds is 6. The third-order valence-electron chi connectivity index (χ3n) is 10.5. The summed E-state index contributed by atoms with van der Waals surface area (Å²) in [6.07, 6.45) is 0. The zero-order valence-corrected chi connectivity index (χ0v) is 31.3. The summed E-state index contributed by atoms with van der Waals surface area (Å²) in [6.45, 7) is 0. The van der Waals surface area contributed by atoms with E-state index in [4.69, 9.17) is 26.6 Å². The molecule has 6 heteroatoms. The van der Waals surface area contributed by atoms with Gasteiger partial charge >= 0.3 is 0 Å². The third kappa shape index (κ3) is 6.11. The lowest BCUT2D eigenvalue weighted by Crippen LogP contribution is -2.13. The number of phenolic OH excluding ortho intramolecular Hbond substituents is 1. The molecule has 10 rings (SSSR count). The van der Waals surface area contributed by atoms with Gasteiger partial charge in [-0.25, -0.2) is 15.0 Å². The lowest BCUT2D eigenvalue weighted by Gasteiger charge is -2.31. The van der Waals surface area contributed by atoms with Gasteiger partial charge in [0.25, 0.3) is 0 Å². The molecule has 0 fully saturated rings. The molecule has 0 unspecified atom stereocenters. The second-order valence-electron chi connectivity index (χ2n) is 13.9. The van der Waals surface area contributed by atoms with Gasteiger partial charge in [-0.05, 0) is 58.7 Å². The van der Waals surface area contributed by atoms with E-state index in [2.05, 4.69) is 77.7 Å². The van der Waals surface area contributed by atoms with Crippen LogP contribution in [0.2, 0.25) is 5.02 Å². The van der Waals surface area contributed by atoms with Gasteiger partial charge in [-0.2, -0.15) is 0 Å². The summed E-state index contributed by atoms with van der Waals surface area (Å²) in [5, 5.41) is 12.1. The van der Waals surface area contributed by atoms with Crippen LogP contribution in [0, 0.1) is 0 Å². The molecule has 57 heavy (non-hydrogen) atoms. The number of nitrogens with zero attached hydrogens (tertiary/aromatic N) is 4. The number of para-hydroxylation sites is 2. The predicted octanol–water partition coefficient (Wildman–Crippen LogP) is 13.7. The van der Waals surface area contributed by atoms with Crippen LogP contribution in [0.5, 0.6) is 5.75 Å². The molecule has 5 nitrogen and oxygen atoms in total. The van der Waals surface area contributed by atoms with Crippen LogP contribution in [0.25, 0.3) is 78.7 Å². The molecule has 0 spiro atoms. The van der Waals surface area contributed by atoms with Crippen molar-refractivity contribution in [2.45, 2.75) is 0 Å². The minimum atomic E-state index is 0.210. The van der Waals surface area contributed by atoms with Gasteiger partial charge in [0.2, 0.25) is 0 Å². The molecule has 2 heterocycles. The maximum absolute atomic E-state index is 11.5. The molecule has 9 aromatic rings. The van der Waals surface area contributed by atoms with Gasteiger partial charge in [-0.15, -0.1) is 0 Å². The quantitative estimate of drug-likeness (QED) is 0.183. The molecule has 1 aromatic heterocycles. The Balaban J connectivity index is 1.25. The standard InChI is InChI=1S/C51H33ClN4O/c52-43-27-12-13-28-45(43)56-44-31-30-36(51-54-49(34-18-6-2-7-19-34)53-50(55-51)35-20-8-3-9-21-35)32-42(44)38-23-11-10-22-37(38)40-25-14-26-41(48(40)56)39-24-15-29-46(57)47(39)33-16-4-1-5-17-33/h1-32,57H. The zero-order valence-electron chi connectivity index (χ0n) is 30.6. The van der Waals surface area contributed by atoms with E-state index >= 15 is 0 Å². The first-order chi connectivity index (χ1) is 28.1. The van der Waals surface area contributed by atoms with Crippen molar-refractivity contribution in [2.24, 2.45) is 0 Å². The predicted molar refractivity (Wildman–Crippen MR) is 233 cm³/mol. The number of aromatic nitrogens is 3. The Bertz CT molecular complexity index is 2880. The van der Waals surface area contributed by atoms with Crippen LogP contribution >= 0.6 is 11.6 Å². The molecule has 0 aliphatic carbocycles. The smallest absolute Gasteiger partial charge is 0.164 e. The highest BCUT2D eigenvalue weighted by molar-refractivity contribution is 6.34. The number of aromatic hydroxyl groups is 1. The molecular formula is C51H33ClN4O. The summed E-state index contributed by atoms with van der Waals surface area (Å²) in [5.41, 5.74) is 13.1. The first-order valence-corrected chi connectivity index (χ1v) is 19.2. The van der Waals surface area contributed by atoms with Crippen LogP contribution < -0.4 is 4.90 Å². The topological polar surface area (TPSA) is 62.1 Å². The van der Waals surface area contributed by atoms with Crippen LogP contribution in [0.3, 0.4) is 0 Å². The van der Waals surface area contributed by atoms with E-state index in [0.717, 1.165) is 78.3 Å². The molecule has 1 aliphatic rings. The molecule has 0 bridgehead atoms.